The van der Waals surface area contributed by atoms with Crippen LogP contribution in [0.1, 0.15) is 70.4 Å². The van der Waals surface area contributed by atoms with Crippen LogP contribution in [0, 0.1) is 18.8 Å². The second kappa shape index (κ2) is 12.2. The Morgan fingerprint density at radius 1 is 1.19 bits per heavy atom. The van der Waals surface area contributed by atoms with Crippen molar-refractivity contribution in [2.75, 3.05) is 26.2 Å². The molecule has 1 aromatic heterocycles. The van der Waals surface area contributed by atoms with E-state index in [0.717, 1.165) is 12.8 Å². The van der Waals surface area contributed by atoms with Crippen LogP contribution in [0.3, 0.4) is 0 Å². The number of aliphatic carboxylic acids is 1. The van der Waals surface area contributed by atoms with Crippen LogP contribution in [-0.2, 0) is 19.1 Å². The maximum Gasteiger partial charge on any atom is 0.410 e. The maximum atomic E-state index is 13.0. The fraction of sp³-hybridized carbons (Fsp3) is 0.654. The predicted molar refractivity (Wildman–Crippen MR) is 133 cm³/mol. The van der Waals surface area contributed by atoms with E-state index in [1.807, 2.05) is 26.8 Å². The zero-order chi connectivity index (χ0) is 27.2. The lowest BCUT2D eigenvalue weighted by Crippen LogP contribution is -2.46. The van der Waals surface area contributed by atoms with Crippen molar-refractivity contribution >= 4 is 23.9 Å². The molecule has 0 spiro atoms. The van der Waals surface area contributed by atoms with E-state index in [9.17, 15) is 24.3 Å². The van der Waals surface area contributed by atoms with Crippen molar-refractivity contribution in [2.24, 2.45) is 11.8 Å². The summed E-state index contributed by atoms with van der Waals surface area (Å²) in [5.41, 5.74) is 0.0618. The van der Waals surface area contributed by atoms with Crippen LogP contribution in [0.5, 0.6) is 0 Å². The van der Waals surface area contributed by atoms with Crippen molar-refractivity contribution in [1.29, 1.82) is 0 Å². The average molecular weight is 519 g/mol. The van der Waals surface area contributed by atoms with Crippen molar-refractivity contribution < 1.29 is 33.5 Å². The van der Waals surface area contributed by atoms with E-state index in [1.165, 1.54) is 0 Å². The number of rotatable bonds is 7. The Morgan fingerprint density at radius 3 is 2.49 bits per heavy atom. The van der Waals surface area contributed by atoms with Gasteiger partial charge >= 0.3 is 12.1 Å². The molecule has 0 aromatic carbocycles. The highest BCUT2D eigenvalue weighted by Gasteiger charge is 2.31. The maximum absolute atomic E-state index is 13.0. The molecule has 1 aromatic rings. The number of allylic oxidation sites excluding steroid dienone is 1. The van der Waals surface area contributed by atoms with Crippen LogP contribution >= 0.6 is 0 Å². The summed E-state index contributed by atoms with van der Waals surface area (Å²) in [6.07, 6.45) is 5.61. The van der Waals surface area contributed by atoms with Crippen molar-refractivity contribution in [3.05, 3.63) is 29.7 Å². The Balaban J connectivity index is 1.50. The molecule has 2 N–H and O–H groups in total. The highest BCUT2D eigenvalue weighted by molar-refractivity contribution is 5.88. The van der Waals surface area contributed by atoms with Crippen LogP contribution in [0.4, 0.5) is 4.79 Å². The van der Waals surface area contributed by atoms with Gasteiger partial charge in [0.25, 0.3) is 0 Å². The molecule has 1 unspecified atom stereocenters. The topological polar surface area (TPSA) is 142 Å². The molecule has 0 bridgehead atoms. The van der Waals surface area contributed by atoms with Gasteiger partial charge in [0.1, 0.15) is 11.6 Å². The van der Waals surface area contributed by atoms with Crippen molar-refractivity contribution in [2.45, 2.75) is 71.4 Å². The molecule has 11 nitrogen and oxygen atoms in total. The molecule has 2 atom stereocenters. The summed E-state index contributed by atoms with van der Waals surface area (Å²) in [6, 6.07) is 0.775. The first-order valence-corrected chi connectivity index (χ1v) is 12.8. The Hall–Kier alpha value is -3.37. The summed E-state index contributed by atoms with van der Waals surface area (Å²) in [7, 11) is 0. The van der Waals surface area contributed by atoms with Gasteiger partial charge in [-0.3, -0.25) is 14.4 Å². The Labute approximate surface area is 217 Å². The molecule has 3 heterocycles. The normalized spacial score (nSPS) is 20.1. The number of hydrogen-bond acceptors (Lipinski definition) is 7. The second-order valence-corrected chi connectivity index (χ2v) is 10.8. The molecule has 37 heavy (non-hydrogen) atoms. The lowest BCUT2D eigenvalue weighted by molar-refractivity contribution is -0.138. The number of aromatic nitrogens is 1. The second-order valence-electron chi connectivity index (χ2n) is 10.8. The number of piperidine rings is 2. The minimum atomic E-state index is -1.07. The number of likely N-dealkylation sites (tertiary alicyclic amines) is 2. The highest BCUT2D eigenvalue weighted by atomic mass is 16.6. The molecular formula is C26H38N4O7. The molecule has 0 aliphatic carbocycles. The Kier molecular flexibility index (Phi) is 9.34. The number of nitrogens with zero attached hydrogens (tertiary/aromatic N) is 3. The van der Waals surface area contributed by atoms with Gasteiger partial charge in [-0.15, -0.1) is 0 Å². The monoisotopic (exact) mass is 518 g/mol. The van der Waals surface area contributed by atoms with Crippen LogP contribution in [0.2, 0.25) is 0 Å². The minimum Gasteiger partial charge on any atom is -0.481 e. The third-order valence-electron chi connectivity index (χ3n) is 6.49. The van der Waals surface area contributed by atoms with Gasteiger partial charge in [0.2, 0.25) is 11.8 Å². The van der Waals surface area contributed by atoms with E-state index < -0.39 is 23.5 Å². The SMILES string of the molecule is Cc1cc(C(CC(=O)O)NC(=O)[C@@H]2CCCN(C(=O)/C=C/C3CCN(C(=O)OC(C)(C)C)CC3)C2)on1. The summed E-state index contributed by atoms with van der Waals surface area (Å²) in [5.74, 6) is -1.49. The van der Waals surface area contributed by atoms with Crippen molar-refractivity contribution in [1.82, 2.24) is 20.3 Å². The fourth-order valence-corrected chi connectivity index (χ4v) is 4.55. The number of carboxylic acids is 1. The van der Waals surface area contributed by atoms with E-state index >= 15 is 0 Å². The van der Waals surface area contributed by atoms with Gasteiger partial charge < -0.3 is 29.5 Å². The third kappa shape index (κ3) is 8.61. The molecule has 11 heteroatoms. The standard InChI is InChI=1S/C26H38N4O7/c1-17-14-21(37-28-17)20(15-23(32)33)27-24(34)19-6-5-11-30(16-19)22(31)8-7-18-9-12-29(13-10-18)25(35)36-26(2,3)4/h7-8,14,18-20H,5-6,9-13,15-16H2,1-4H3,(H,27,34)(H,32,33)/b8-7+/t19-,20?/m1/s1. The van der Waals surface area contributed by atoms with E-state index in [0.29, 0.717) is 38.2 Å². The fourth-order valence-electron chi connectivity index (χ4n) is 4.55. The van der Waals surface area contributed by atoms with E-state index in [-0.39, 0.29) is 42.6 Å². The third-order valence-corrected chi connectivity index (χ3v) is 6.49. The van der Waals surface area contributed by atoms with Crippen LogP contribution in [-0.4, -0.2) is 75.7 Å². The molecule has 3 rings (SSSR count). The van der Waals surface area contributed by atoms with Gasteiger partial charge in [-0.05, 0) is 65.4 Å². The van der Waals surface area contributed by atoms with Crippen LogP contribution in [0.15, 0.2) is 22.7 Å². The predicted octanol–water partition coefficient (Wildman–Crippen LogP) is 3.06. The lowest BCUT2D eigenvalue weighted by atomic mass is 9.95. The average Bonchev–Trinajstić information content (AvgIpc) is 3.27. The molecule has 0 radical (unpaired) electrons. The summed E-state index contributed by atoms with van der Waals surface area (Å²) in [6.45, 7) is 9.21. The quantitative estimate of drug-likeness (QED) is 0.525. The molecule has 2 aliphatic heterocycles. The molecular weight excluding hydrogens is 480 g/mol. The lowest BCUT2D eigenvalue weighted by Gasteiger charge is -2.33. The molecule has 2 saturated heterocycles. The summed E-state index contributed by atoms with van der Waals surface area (Å²) < 4.78 is 10.6. The Bertz CT molecular complexity index is 1000. The first-order chi connectivity index (χ1) is 17.4. The van der Waals surface area contributed by atoms with E-state index in [1.54, 1.807) is 28.9 Å². The number of ether oxygens (including phenoxy) is 1. The van der Waals surface area contributed by atoms with Crippen molar-refractivity contribution in [3.8, 4) is 0 Å². The Morgan fingerprint density at radius 2 is 1.89 bits per heavy atom. The molecule has 2 aliphatic rings. The van der Waals surface area contributed by atoms with Gasteiger partial charge in [0.15, 0.2) is 5.76 Å². The van der Waals surface area contributed by atoms with E-state index in [4.69, 9.17) is 9.26 Å². The number of hydrogen-bond donors (Lipinski definition) is 2. The van der Waals surface area contributed by atoms with Gasteiger partial charge in [-0.2, -0.15) is 0 Å². The molecule has 2 fully saturated rings. The summed E-state index contributed by atoms with van der Waals surface area (Å²) in [4.78, 5) is 52.7. The number of carbonyl (C=O) groups excluding carboxylic acids is 3. The number of carboxylic acid groups (broad SMARTS) is 1. The number of aryl methyl sites for hydroxylation is 1. The first kappa shape index (κ1) is 28.2. The number of amides is 3. The zero-order valence-electron chi connectivity index (χ0n) is 22.1. The van der Waals surface area contributed by atoms with Gasteiger partial charge in [-0.1, -0.05) is 11.2 Å². The number of nitrogens with one attached hydrogen (secondary N) is 1. The van der Waals surface area contributed by atoms with Crippen LogP contribution in [0.25, 0.3) is 0 Å². The molecule has 3 amide bonds. The molecule has 0 saturated carbocycles. The highest BCUT2D eigenvalue weighted by Crippen LogP contribution is 2.23. The van der Waals surface area contributed by atoms with Crippen LogP contribution < -0.4 is 5.32 Å². The molecule has 204 valence electrons. The minimum absolute atomic E-state index is 0.153. The van der Waals surface area contributed by atoms with Gasteiger partial charge in [0.05, 0.1) is 18.0 Å². The van der Waals surface area contributed by atoms with Gasteiger partial charge in [0, 0.05) is 32.2 Å². The van der Waals surface area contributed by atoms with Crippen molar-refractivity contribution in [3.63, 3.8) is 0 Å². The van der Waals surface area contributed by atoms with E-state index in [2.05, 4.69) is 10.5 Å². The zero-order valence-corrected chi connectivity index (χ0v) is 22.1. The van der Waals surface area contributed by atoms with Gasteiger partial charge in [-0.25, -0.2) is 4.79 Å². The largest absolute Gasteiger partial charge is 0.481 e. The number of carbonyl (C=O) groups is 4. The smallest absolute Gasteiger partial charge is 0.410 e. The summed E-state index contributed by atoms with van der Waals surface area (Å²) >= 11 is 0. The first-order valence-electron chi connectivity index (χ1n) is 12.8. The summed E-state index contributed by atoms with van der Waals surface area (Å²) in [5, 5.41) is 15.8.